The van der Waals surface area contributed by atoms with Gasteiger partial charge in [0.2, 0.25) is 0 Å². The van der Waals surface area contributed by atoms with Crippen molar-refractivity contribution in [3.63, 3.8) is 0 Å². The molecule has 0 aromatic heterocycles. The molecule has 0 spiro atoms. The number of rotatable bonds is 60. The van der Waals surface area contributed by atoms with E-state index in [1.807, 2.05) is 0 Å². The number of allylic oxidation sites excluding steroid dienone is 22. The molecule has 0 aliphatic carbocycles. The highest BCUT2D eigenvalue weighted by molar-refractivity contribution is 5.71. The average molecular weight is 1120 g/mol. The lowest BCUT2D eigenvalue weighted by Gasteiger charge is -2.18. The molecule has 0 rings (SSSR count). The second-order valence-electron chi connectivity index (χ2n) is 22.0. The van der Waals surface area contributed by atoms with E-state index in [1.54, 1.807) is 0 Å². The molecule has 0 saturated carbocycles. The van der Waals surface area contributed by atoms with Gasteiger partial charge in [0, 0.05) is 19.3 Å². The molecule has 0 saturated heterocycles. The molecule has 81 heavy (non-hydrogen) atoms. The summed E-state index contributed by atoms with van der Waals surface area (Å²) in [5.74, 6) is -0.920. The fraction of sp³-hybridized carbons (Fsp3) is 0.667. The number of carbonyl (C=O) groups is 3. The van der Waals surface area contributed by atoms with Crippen molar-refractivity contribution in [2.24, 2.45) is 0 Å². The zero-order valence-corrected chi connectivity index (χ0v) is 52.8. The van der Waals surface area contributed by atoms with Crippen LogP contribution in [0.3, 0.4) is 0 Å². The van der Waals surface area contributed by atoms with Gasteiger partial charge in [-0.15, -0.1) is 0 Å². The van der Waals surface area contributed by atoms with Crippen molar-refractivity contribution in [3.8, 4) is 0 Å². The van der Waals surface area contributed by atoms with Gasteiger partial charge in [0.25, 0.3) is 0 Å². The van der Waals surface area contributed by atoms with E-state index in [0.717, 1.165) is 135 Å². The van der Waals surface area contributed by atoms with Gasteiger partial charge in [-0.25, -0.2) is 0 Å². The minimum absolute atomic E-state index is 0.0921. The van der Waals surface area contributed by atoms with Crippen molar-refractivity contribution >= 4 is 17.9 Å². The third-order valence-corrected chi connectivity index (χ3v) is 14.2. The van der Waals surface area contributed by atoms with Crippen molar-refractivity contribution in [2.75, 3.05) is 13.2 Å². The van der Waals surface area contributed by atoms with Gasteiger partial charge in [-0.1, -0.05) is 302 Å². The van der Waals surface area contributed by atoms with Crippen molar-refractivity contribution in [1.82, 2.24) is 0 Å². The lowest BCUT2D eigenvalue weighted by Crippen LogP contribution is -2.30. The molecule has 0 heterocycles. The summed E-state index contributed by atoms with van der Waals surface area (Å²) in [6.07, 6.45) is 96.1. The predicted octanol–water partition coefficient (Wildman–Crippen LogP) is 23.3. The number of unbranched alkanes of at least 4 members (excludes halogenated alkanes) is 27. The lowest BCUT2D eigenvalue weighted by molar-refractivity contribution is -0.167. The van der Waals surface area contributed by atoms with Crippen LogP contribution < -0.4 is 0 Å². The third kappa shape index (κ3) is 66.2. The quantitative estimate of drug-likeness (QED) is 0.0261. The average Bonchev–Trinajstić information content (AvgIpc) is 3.47. The molecule has 0 amide bonds. The zero-order valence-electron chi connectivity index (χ0n) is 52.8. The van der Waals surface area contributed by atoms with Crippen molar-refractivity contribution in [1.29, 1.82) is 0 Å². The smallest absolute Gasteiger partial charge is 0.306 e. The van der Waals surface area contributed by atoms with Crippen LogP contribution >= 0.6 is 0 Å². The van der Waals surface area contributed by atoms with Crippen LogP contribution in [0.2, 0.25) is 0 Å². The minimum atomic E-state index is -0.799. The molecule has 460 valence electrons. The van der Waals surface area contributed by atoms with E-state index in [-0.39, 0.29) is 37.5 Å². The standard InChI is InChI=1S/C75H124O6/c1-4-7-10-13-16-19-22-24-26-28-30-32-34-36-37-39-40-42-44-46-48-50-53-56-59-62-65-68-74(77)80-71-72(70-79-73(76)67-64-61-58-55-52-21-18-15-12-9-6-3)81-75(78)69-66-63-60-57-54-51-49-47-45-43-41-38-35-33-31-29-27-25-23-20-17-14-11-8-5-2/h7-8,10-11,16-17,19-20,24-27,30-33,38,41,45,47,51,54,72H,4-6,9,12-15,18,21-23,28-29,34-37,39-40,42-44,46,48-50,52-53,55-71H2,1-3H3/b10-7-,11-8-,19-16-,20-17-,26-24-,27-25-,32-30-,33-31-,41-38-,47-45-,54-51-. The van der Waals surface area contributed by atoms with Crippen LogP contribution in [0.25, 0.3) is 0 Å². The molecule has 6 nitrogen and oxygen atoms in total. The van der Waals surface area contributed by atoms with Gasteiger partial charge in [-0.2, -0.15) is 0 Å². The van der Waals surface area contributed by atoms with Gasteiger partial charge < -0.3 is 14.2 Å². The van der Waals surface area contributed by atoms with Crippen LogP contribution in [0.15, 0.2) is 134 Å². The fourth-order valence-electron chi connectivity index (χ4n) is 9.18. The molecular weight excluding hydrogens is 997 g/mol. The van der Waals surface area contributed by atoms with E-state index in [2.05, 4.69) is 154 Å². The first kappa shape index (κ1) is 76.5. The Hall–Kier alpha value is -4.45. The van der Waals surface area contributed by atoms with E-state index >= 15 is 0 Å². The summed E-state index contributed by atoms with van der Waals surface area (Å²) in [4.78, 5) is 38.3. The summed E-state index contributed by atoms with van der Waals surface area (Å²) in [5, 5.41) is 0. The molecule has 6 heteroatoms. The Labute approximate surface area is 500 Å². The molecule has 0 aliphatic rings. The van der Waals surface area contributed by atoms with Gasteiger partial charge in [-0.05, 0) is 116 Å². The Bertz CT molecular complexity index is 1720. The van der Waals surface area contributed by atoms with E-state index in [4.69, 9.17) is 14.2 Å². The normalized spacial score (nSPS) is 13.0. The highest BCUT2D eigenvalue weighted by atomic mass is 16.6. The van der Waals surface area contributed by atoms with Gasteiger partial charge in [0.05, 0.1) is 0 Å². The first-order valence-electron chi connectivity index (χ1n) is 33.7. The second kappa shape index (κ2) is 68.1. The van der Waals surface area contributed by atoms with Crippen molar-refractivity contribution in [2.45, 2.75) is 309 Å². The lowest BCUT2D eigenvalue weighted by atomic mass is 10.0. The predicted molar refractivity (Wildman–Crippen MR) is 353 cm³/mol. The van der Waals surface area contributed by atoms with Gasteiger partial charge in [-0.3, -0.25) is 14.4 Å². The molecule has 0 aliphatic heterocycles. The highest BCUT2D eigenvalue weighted by Gasteiger charge is 2.19. The molecule has 0 bridgehead atoms. The molecule has 1 atom stereocenters. The summed E-state index contributed by atoms with van der Waals surface area (Å²) in [6.45, 7) is 6.40. The van der Waals surface area contributed by atoms with Crippen LogP contribution in [-0.4, -0.2) is 37.2 Å². The van der Waals surface area contributed by atoms with Gasteiger partial charge in [0.15, 0.2) is 6.10 Å². The molecule has 0 radical (unpaired) electrons. The molecule has 1 unspecified atom stereocenters. The van der Waals surface area contributed by atoms with E-state index in [9.17, 15) is 14.4 Å². The topological polar surface area (TPSA) is 78.9 Å². The number of hydrogen-bond acceptors (Lipinski definition) is 6. The van der Waals surface area contributed by atoms with Crippen LogP contribution in [0, 0.1) is 0 Å². The van der Waals surface area contributed by atoms with Gasteiger partial charge in [0.1, 0.15) is 13.2 Å². The summed E-state index contributed by atoms with van der Waals surface area (Å²) in [6, 6.07) is 0. The summed E-state index contributed by atoms with van der Waals surface area (Å²) < 4.78 is 16.9. The Balaban J connectivity index is 4.33. The second-order valence-corrected chi connectivity index (χ2v) is 22.0. The zero-order chi connectivity index (χ0) is 58.5. The molecule has 0 aromatic rings. The minimum Gasteiger partial charge on any atom is -0.462 e. The monoisotopic (exact) mass is 1120 g/mol. The SMILES string of the molecule is CC/C=C\C/C=C\C/C=C\C/C=C\C/C=C\C/C=C\C/C=C\CCCCCC(=O)OC(COC(=O)CCCCCCCCCCCCC)COC(=O)CCCCCCCCCCCCCCCC/C=C\C/C=C\C/C=C\C/C=C\CC. The number of esters is 3. The summed E-state index contributed by atoms with van der Waals surface area (Å²) in [7, 11) is 0. The third-order valence-electron chi connectivity index (χ3n) is 14.2. The van der Waals surface area contributed by atoms with Crippen molar-refractivity contribution in [3.05, 3.63) is 134 Å². The first-order valence-corrected chi connectivity index (χ1v) is 33.7. The molecular formula is C75H124O6. The Morgan fingerprint density at radius 3 is 0.765 bits per heavy atom. The van der Waals surface area contributed by atoms with Crippen LogP contribution in [0.5, 0.6) is 0 Å². The Kier molecular flexibility index (Phi) is 64.3. The van der Waals surface area contributed by atoms with E-state index in [1.165, 1.54) is 128 Å². The molecule has 0 aromatic carbocycles. The summed E-state index contributed by atoms with van der Waals surface area (Å²) >= 11 is 0. The fourth-order valence-corrected chi connectivity index (χ4v) is 9.18. The Morgan fingerprint density at radius 1 is 0.259 bits per heavy atom. The molecule has 0 N–H and O–H groups in total. The van der Waals surface area contributed by atoms with Crippen LogP contribution in [0.4, 0.5) is 0 Å². The van der Waals surface area contributed by atoms with Gasteiger partial charge >= 0.3 is 17.9 Å². The molecule has 0 fully saturated rings. The maximum absolute atomic E-state index is 12.9. The van der Waals surface area contributed by atoms with Crippen LogP contribution in [0.1, 0.15) is 303 Å². The largest absolute Gasteiger partial charge is 0.462 e. The number of hydrogen-bond donors (Lipinski definition) is 0. The first-order chi connectivity index (χ1) is 40.0. The number of carbonyl (C=O) groups excluding carboxylic acids is 3. The highest BCUT2D eigenvalue weighted by Crippen LogP contribution is 2.16. The maximum Gasteiger partial charge on any atom is 0.306 e. The maximum atomic E-state index is 12.9. The van der Waals surface area contributed by atoms with E-state index < -0.39 is 6.10 Å². The number of ether oxygens (including phenoxy) is 3. The van der Waals surface area contributed by atoms with Crippen LogP contribution in [-0.2, 0) is 28.6 Å². The summed E-state index contributed by atoms with van der Waals surface area (Å²) in [5.41, 5.74) is 0. The van der Waals surface area contributed by atoms with Crippen molar-refractivity contribution < 1.29 is 28.6 Å². The van der Waals surface area contributed by atoms with E-state index in [0.29, 0.717) is 12.8 Å². The Morgan fingerprint density at radius 2 is 0.481 bits per heavy atom.